The van der Waals surface area contributed by atoms with E-state index in [2.05, 4.69) is 5.16 Å². The van der Waals surface area contributed by atoms with E-state index in [-0.39, 0.29) is 0 Å². The van der Waals surface area contributed by atoms with Crippen molar-refractivity contribution >= 4 is 12.3 Å². The Labute approximate surface area is 146 Å². The molecule has 0 spiro atoms. The van der Waals surface area contributed by atoms with Crippen molar-refractivity contribution in [2.24, 2.45) is 5.16 Å². The van der Waals surface area contributed by atoms with Gasteiger partial charge in [-0.3, -0.25) is 0 Å². The third-order valence-electron chi connectivity index (χ3n) is 3.37. The molecule has 7 nitrogen and oxygen atoms in total. The van der Waals surface area contributed by atoms with Gasteiger partial charge in [0.05, 0.1) is 27.5 Å². The highest BCUT2D eigenvalue weighted by Crippen LogP contribution is 2.38. The molecule has 0 radical (unpaired) electrons. The molecular weight excluding hydrogens is 324 g/mol. The molecule has 0 bridgehead atoms. The number of methoxy groups -OCH3 is 3. The van der Waals surface area contributed by atoms with Crippen LogP contribution in [0.25, 0.3) is 0 Å². The van der Waals surface area contributed by atoms with E-state index in [0.717, 1.165) is 22.8 Å². The summed E-state index contributed by atoms with van der Waals surface area (Å²) in [5.74, 6) is 1.80. The molecule has 0 aliphatic heterocycles. The van der Waals surface area contributed by atoms with Crippen LogP contribution in [0.3, 0.4) is 0 Å². The third-order valence-corrected chi connectivity index (χ3v) is 3.37. The van der Waals surface area contributed by atoms with Crippen molar-refractivity contribution in [2.45, 2.75) is 6.42 Å². The van der Waals surface area contributed by atoms with Crippen molar-refractivity contribution in [3.63, 3.8) is 0 Å². The molecule has 0 heterocycles. The van der Waals surface area contributed by atoms with Crippen molar-refractivity contribution in [1.82, 2.24) is 0 Å². The van der Waals surface area contributed by atoms with E-state index >= 15 is 0 Å². The average Bonchev–Trinajstić information content (AvgIpc) is 2.63. The number of nitrogens with zero attached hydrogens (tertiary/aromatic N) is 1. The Morgan fingerprint density at radius 1 is 1.12 bits per heavy atom. The van der Waals surface area contributed by atoms with Crippen LogP contribution in [-0.4, -0.2) is 38.8 Å². The largest absolute Gasteiger partial charge is 0.493 e. The van der Waals surface area contributed by atoms with Gasteiger partial charge in [0.25, 0.3) is 0 Å². The first-order valence-electron chi connectivity index (χ1n) is 7.23. The van der Waals surface area contributed by atoms with E-state index in [1.54, 1.807) is 21.3 Å². The minimum atomic E-state index is 0.568. The van der Waals surface area contributed by atoms with Crippen LogP contribution in [0, 0.1) is 5.41 Å². The Morgan fingerprint density at radius 3 is 2.16 bits per heavy atom. The Hall–Kier alpha value is -3.31. The van der Waals surface area contributed by atoms with Crippen molar-refractivity contribution in [2.75, 3.05) is 21.3 Å². The molecule has 7 heteroatoms. The number of ether oxygens (including phenoxy) is 3. The van der Waals surface area contributed by atoms with Gasteiger partial charge < -0.3 is 19.4 Å². The molecule has 0 fully saturated rings. The zero-order valence-corrected chi connectivity index (χ0v) is 14.3. The molecule has 25 heavy (non-hydrogen) atoms. The van der Waals surface area contributed by atoms with Gasteiger partial charge in [0.2, 0.25) is 11.8 Å². The molecule has 0 aliphatic carbocycles. The quantitative estimate of drug-likeness (QED) is 0.363. The smallest absolute Gasteiger partial charge is 0.231 e. The lowest BCUT2D eigenvalue weighted by Gasteiger charge is -2.14. The van der Waals surface area contributed by atoms with Gasteiger partial charge in [0.15, 0.2) is 11.5 Å². The fraction of sp³-hybridized carbons (Fsp3) is 0.222. The van der Waals surface area contributed by atoms with Crippen LogP contribution in [0.5, 0.6) is 17.2 Å². The number of benzene rings is 2. The normalized spacial score (nSPS) is 9.72. The summed E-state index contributed by atoms with van der Waals surface area (Å²) in [5, 5.41) is 17.3. The average molecular weight is 344 g/mol. The summed E-state index contributed by atoms with van der Waals surface area (Å²) in [6, 6.07) is 11.5. The molecule has 0 unspecified atom stereocenters. The third kappa shape index (κ3) is 5.37. The molecular formula is C18H20N2O5. The Morgan fingerprint density at radius 2 is 1.68 bits per heavy atom. The fourth-order valence-corrected chi connectivity index (χ4v) is 2.34. The lowest BCUT2D eigenvalue weighted by molar-refractivity contribution is 0.322. The molecule has 0 saturated carbocycles. The first kappa shape index (κ1) is 19.7. The van der Waals surface area contributed by atoms with Gasteiger partial charge in [-0.2, -0.15) is 0 Å². The monoisotopic (exact) mass is 344 g/mol. The van der Waals surface area contributed by atoms with E-state index in [4.69, 9.17) is 29.6 Å². The summed E-state index contributed by atoms with van der Waals surface area (Å²) in [6.07, 6.45) is 2.83. The zero-order chi connectivity index (χ0) is 18.7. The highest BCUT2D eigenvalue weighted by atomic mass is 16.5. The standard InChI is InChI=1S/C17H19NO4.CHNO/c1-20-15-9-12(10-16(21-2)17(15)22-3)8-13-6-4-5-7-14(13)11-18-19;2-1-3/h4-7,9-11,19H,8H2,1-3H3;2H. The number of oxime groups is 1. The van der Waals surface area contributed by atoms with Crippen molar-refractivity contribution in [3.05, 3.63) is 53.1 Å². The van der Waals surface area contributed by atoms with Crippen molar-refractivity contribution < 1.29 is 24.2 Å². The maximum absolute atomic E-state index is 8.76. The molecule has 2 aromatic rings. The second-order valence-electron chi connectivity index (χ2n) is 4.76. The van der Waals surface area contributed by atoms with Crippen molar-refractivity contribution in [1.29, 1.82) is 5.41 Å². The van der Waals surface area contributed by atoms with Crippen LogP contribution in [-0.2, 0) is 11.2 Å². The number of rotatable bonds is 6. The van der Waals surface area contributed by atoms with Gasteiger partial charge in [-0.1, -0.05) is 29.4 Å². The Kier molecular flexibility index (Phi) is 8.26. The van der Waals surface area contributed by atoms with Crippen LogP contribution < -0.4 is 14.2 Å². The number of hydrogen-bond acceptors (Lipinski definition) is 7. The van der Waals surface area contributed by atoms with Crippen LogP contribution in [0.4, 0.5) is 0 Å². The molecule has 2 N–H and O–H groups in total. The van der Waals surface area contributed by atoms with Gasteiger partial charge in [0.1, 0.15) is 0 Å². The summed E-state index contributed by atoms with van der Waals surface area (Å²) >= 11 is 0. The summed E-state index contributed by atoms with van der Waals surface area (Å²) in [5.41, 5.74) is 2.90. The van der Waals surface area contributed by atoms with Crippen LogP contribution >= 0.6 is 0 Å². The highest BCUT2D eigenvalue weighted by Gasteiger charge is 2.14. The molecule has 2 aromatic carbocycles. The Balaban J connectivity index is 0.000000970. The minimum absolute atomic E-state index is 0.568. The van der Waals surface area contributed by atoms with Gasteiger partial charge in [-0.25, -0.2) is 10.2 Å². The van der Waals surface area contributed by atoms with Crippen LogP contribution in [0.1, 0.15) is 16.7 Å². The topological polar surface area (TPSA) is 101 Å². The van der Waals surface area contributed by atoms with Gasteiger partial charge >= 0.3 is 0 Å². The van der Waals surface area contributed by atoms with Crippen LogP contribution in [0.15, 0.2) is 41.6 Å². The Bertz CT molecular complexity index is 728. The van der Waals surface area contributed by atoms with Gasteiger partial charge in [0, 0.05) is 0 Å². The number of isocyanates is 1. The van der Waals surface area contributed by atoms with E-state index in [1.807, 2.05) is 36.4 Å². The zero-order valence-electron chi connectivity index (χ0n) is 14.3. The number of carbonyl (C=O) groups excluding carboxylic acids is 1. The lowest BCUT2D eigenvalue weighted by atomic mass is 9.99. The molecule has 0 saturated heterocycles. The van der Waals surface area contributed by atoms with Gasteiger partial charge in [-0.05, 0) is 35.2 Å². The molecule has 0 aliphatic rings. The lowest BCUT2D eigenvalue weighted by Crippen LogP contribution is -1.99. The molecule has 0 atom stereocenters. The maximum atomic E-state index is 8.76. The van der Waals surface area contributed by atoms with E-state index in [1.165, 1.54) is 6.21 Å². The molecule has 2 rings (SSSR count). The predicted octanol–water partition coefficient (Wildman–Crippen LogP) is 3.01. The van der Waals surface area contributed by atoms with E-state index in [9.17, 15) is 0 Å². The first-order valence-corrected chi connectivity index (χ1v) is 7.23. The number of nitrogens with one attached hydrogen (secondary N) is 1. The molecule has 132 valence electrons. The predicted molar refractivity (Wildman–Crippen MR) is 93.1 cm³/mol. The molecule has 0 amide bonds. The summed E-state index contributed by atoms with van der Waals surface area (Å²) < 4.78 is 16.0. The van der Waals surface area contributed by atoms with E-state index in [0.29, 0.717) is 23.7 Å². The molecule has 0 aromatic heterocycles. The highest BCUT2D eigenvalue weighted by molar-refractivity contribution is 5.81. The SMILES string of the molecule is COc1cc(Cc2ccccc2C=NO)cc(OC)c1OC.N=C=O. The summed E-state index contributed by atoms with van der Waals surface area (Å²) in [6.45, 7) is 0. The first-order chi connectivity index (χ1) is 12.1. The second kappa shape index (κ2) is 10.5. The van der Waals surface area contributed by atoms with E-state index < -0.39 is 0 Å². The maximum Gasteiger partial charge on any atom is 0.231 e. The van der Waals surface area contributed by atoms with Crippen LogP contribution in [0.2, 0.25) is 0 Å². The summed E-state index contributed by atoms with van der Waals surface area (Å²) in [4.78, 5) is 8.35. The number of hydrogen-bond donors (Lipinski definition) is 2. The van der Waals surface area contributed by atoms with Crippen molar-refractivity contribution in [3.8, 4) is 17.2 Å². The second-order valence-corrected chi connectivity index (χ2v) is 4.76. The summed E-state index contributed by atoms with van der Waals surface area (Å²) in [7, 11) is 4.76. The van der Waals surface area contributed by atoms with Gasteiger partial charge in [-0.15, -0.1) is 0 Å². The minimum Gasteiger partial charge on any atom is -0.493 e. The fourth-order valence-electron chi connectivity index (χ4n) is 2.34.